The van der Waals surface area contributed by atoms with Crippen LogP contribution in [0.2, 0.25) is 0 Å². The van der Waals surface area contributed by atoms with E-state index in [0.717, 1.165) is 23.0 Å². The minimum Gasteiger partial charge on any atom is -0.328 e. The summed E-state index contributed by atoms with van der Waals surface area (Å²) in [4.78, 5) is 0. The van der Waals surface area contributed by atoms with Gasteiger partial charge in [-0.05, 0) is 36.6 Å². The molecule has 1 unspecified atom stereocenters. The molecule has 1 heterocycles. The molecule has 1 aromatic carbocycles. The highest BCUT2D eigenvalue weighted by Gasteiger charge is 2.17. The summed E-state index contributed by atoms with van der Waals surface area (Å²) in [5, 5.41) is 4.70. The highest BCUT2D eigenvalue weighted by molar-refractivity contribution is 9.10. The average molecular weight is 322 g/mol. The van der Waals surface area contributed by atoms with Crippen molar-refractivity contribution < 1.29 is 0 Å². The van der Waals surface area contributed by atoms with Crippen LogP contribution in [-0.4, -0.2) is 16.3 Å². The smallest absolute Gasteiger partial charge is 0.0894 e. The van der Waals surface area contributed by atoms with Crippen molar-refractivity contribution in [1.29, 1.82) is 0 Å². The first-order chi connectivity index (χ1) is 9.19. The van der Waals surface area contributed by atoms with Crippen LogP contribution in [0.5, 0.6) is 0 Å². The lowest BCUT2D eigenvalue weighted by Gasteiger charge is -2.19. The van der Waals surface area contributed by atoms with Crippen molar-refractivity contribution >= 4 is 15.9 Å². The van der Waals surface area contributed by atoms with Gasteiger partial charge in [0.25, 0.3) is 0 Å². The van der Waals surface area contributed by atoms with Crippen molar-refractivity contribution in [3.8, 4) is 0 Å². The molecule has 0 saturated heterocycles. The minimum absolute atomic E-state index is 0.104. The number of nitrogens with two attached hydrogens (primary N) is 1. The van der Waals surface area contributed by atoms with E-state index in [1.165, 1.54) is 11.3 Å². The maximum absolute atomic E-state index is 5.99. The summed E-state index contributed by atoms with van der Waals surface area (Å²) in [6, 6.07) is 10.6. The number of rotatable bonds is 5. The summed E-state index contributed by atoms with van der Waals surface area (Å²) in [6.45, 7) is 4.83. The van der Waals surface area contributed by atoms with Crippen LogP contribution < -0.4 is 5.73 Å². The zero-order valence-corrected chi connectivity index (χ0v) is 13.0. The SMILES string of the molecule is CCc1cc(CC)n(C(CN)c2cccc(Br)c2)n1. The van der Waals surface area contributed by atoms with Crippen LogP contribution in [0.3, 0.4) is 0 Å². The van der Waals surface area contributed by atoms with E-state index in [2.05, 4.69) is 52.7 Å². The first-order valence-electron chi connectivity index (χ1n) is 6.72. The third kappa shape index (κ3) is 3.07. The van der Waals surface area contributed by atoms with Gasteiger partial charge in [-0.2, -0.15) is 5.10 Å². The van der Waals surface area contributed by atoms with Crippen LogP contribution in [0.15, 0.2) is 34.8 Å². The summed E-state index contributed by atoms with van der Waals surface area (Å²) >= 11 is 3.52. The van der Waals surface area contributed by atoms with Gasteiger partial charge in [0, 0.05) is 16.7 Å². The van der Waals surface area contributed by atoms with Crippen molar-refractivity contribution in [2.75, 3.05) is 6.54 Å². The molecule has 1 aromatic heterocycles. The van der Waals surface area contributed by atoms with Gasteiger partial charge in [-0.3, -0.25) is 4.68 Å². The van der Waals surface area contributed by atoms with Gasteiger partial charge in [0.15, 0.2) is 0 Å². The fraction of sp³-hybridized carbons (Fsp3) is 0.400. The lowest BCUT2D eigenvalue weighted by molar-refractivity contribution is 0.508. The first-order valence-corrected chi connectivity index (χ1v) is 7.51. The largest absolute Gasteiger partial charge is 0.328 e. The Morgan fingerprint density at radius 1 is 1.26 bits per heavy atom. The van der Waals surface area contributed by atoms with E-state index in [1.807, 2.05) is 12.1 Å². The average Bonchev–Trinajstić information content (AvgIpc) is 2.83. The first kappa shape index (κ1) is 14.3. The Morgan fingerprint density at radius 3 is 2.63 bits per heavy atom. The molecule has 0 amide bonds. The maximum Gasteiger partial charge on any atom is 0.0894 e. The Kier molecular flexibility index (Phi) is 4.77. The zero-order chi connectivity index (χ0) is 13.8. The van der Waals surface area contributed by atoms with Crippen molar-refractivity contribution in [2.24, 2.45) is 5.73 Å². The third-order valence-corrected chi connectivity index (χ3v) is 3.83. The summed E-state index contributed by atoms with van der Waals surface area (Å²) in [6.07, 6.45) is 1.92. The normalized spacial score (nSPS) is 12.6. The predicted molar refractivity (Wildman–Crippen MR) is 82.3 cm³/mol. The quantitative estimate of drug-likeness (QED) is 0.918. The molecule has 0 radical (unpaired) electrons. The van der Waals surface area contributed by atoms with E-state index < -0.39 is 0 Å². The molecule has 19 heavy (non-hydrogen) atoms. The second-order valence-electron chi connectivity index (χ2n) is 4.59. The summed E-state index contributed by atoms with van der Waals surface area (Å²) < 4.78 is 3.16. The van der Waals surface area contributed by atoms with Crippen LogP contribution in [0.25, 0.3) is 0 Å². The molecule has 4 heteroatoms. The number of aromatic nitrogens is 2. The van der Waals surface area contributed by atoms with E-state index in [0.29, 0.717) is 6.54 Å². The molecular formula is C15H20BrN3. The number of hydrogen-bond donors (Lipinski definition) is 1. The van der Waals surface area contributed by atoms with Gasteiger partial charge in [0.05, 0.1) is 11.7 Å². The van der Waals surface area contributed by atoms with Gasteiger partial charge >= 0.3 is 0 Å². The Labute approximate surface area is 122 Å². The van der Waals surface area contributed by atoms with Gasteiger partial charge in [-0.25, -0.2) is 0 Å². The summed E-state index contributed by atoms with van der Waals surface area (Å²) in [5.41, 5.74) is 9.55. The second-order valence-corrected chi connectivity index (χ2v) is 5.50. The molecule has 0 saturated carbocycles. The van der Waals surface area contributed by atoms with E-state index >= 15 is 0 Å². The van der Waals surface area contributed by atoms with Crippen LogP contribution in [0.4, 0.5) is 0 Å². The highest BCUT2D eigenvalue weighted by atomic mass is 79.9. The van der Waals surface area contributed by atoms with E-state index in [1.54, 1.807) is 0 Å². The predicted octanol–water partition coefficient (Wildman–Crippen LogP) is 3.32. The van der Waals surface area contributed by atoms with Crippen molar-refractivity contribution in [3.05, 3.63) is 51.8 Å². The van der Waals surface area contributed by atoms with Gasteiger partial charge in [0.2, 0.25) is 0 Å². The molecule has 0 aliphatic rings. The van der Waals surface area contributed by atoms with E-state index in [-0.39, 0.29) is 6.04 Å². The van der Waals surface area contributed by atoms with Gasteiger partial charge < -0.3 is 5.73 Å². The van der Waals surface area contributed by atoms with E-state index in [9.17, 15) is 0 Å². The minimum atomic E-state index is 0.104. The molecule has 102 valence electrons. The van der Waals surface area contributed by atoms with Crippen molar-refractivity contribution in [1.82, 2.24) is 9.78 Å². The Hall–Kier alpha value is -1.13. The molecular weight excluding hydrogens is 302 g/mol. The molecule has 0 fully saturated rings. The molecule has 2 N–H and O–H groups in total. The van der Waals surface area contributed by atoms with E-state index in [4.69, 9.17) is 10.8 Å². The second kappa shape index (κ2) is 6.35. The zero-order valence-electron chi connectivity index (χ0n) is 11.4. The molecule has 0 bridgehead atoms. The van der Waals surface area contributed by atoms with Crippen LogP contribution in [0.1, 0.15) is 36.8 Å². The molecule has 3 nitrogen and oxygen atoms in total. The monoisotopic (exact) mass is 321 g/mol. The van der Waals surface area contributed by atoms with Crippen LogP contribution >= 0.6 is 15.9 Å². The van der Waals surface area contributed by atoms with Gasteiger partial charge in [0.1, 0.15) is 0 Å². The Bertz CT molecular complexity index is 548. The van der Waals surface area contributed by atoms with Crippen LogP contribution in [-0.2, 0) is 12.8 Å². The lowest BCUT2D eigenvalue weighted by Crippen LogP contribution is -2.23. The number of hydrogen-bond acceptors (Lipinski definition) is 2. The molecule has 2 aromatic rings. The lowest BCUT2D eigenvalue weighted by atomic mass is 10.1. The maximum atomic E-state index is 5.99. The summed E-state index contributed by atoms with van der Waals surface area (Å²) in [5.74, 6) is 0. The highest BCUT2D eigenvalue weighted by Crippen LogP contribution is 2.23. The van der Waals surface area contributed by atoms with Crippen molar-refractivity contribution in [2.45, 2.75) is 32.7 Å². The molecule has 0 spiro atoms. The fourth-order valence-corrected chi connectivity index (χ4v) is 2.70. The third-order valence-electron chi connectivity index (χ3n) is 3.34. The number of benzene rings is 1. The standard InChI is InChI=1S/C15H20BrN3/c1-3-13-9-14(4-2)19(18-13)15(10-17)11-6-5-7-12(16)8-11/h5-9,15H,3-4,10,17H2,1-2H3. The molecule has 2 rings (SSSR count). The number of nitrogens with zero attached hydrogens (tertiary/aromatic N) is 2. The van der Waals surface area contributed by atoms with Gasteiger partial charge in [-0.1, -0.05) is 41.9 Å². The topological polar surface area (TPSA) is 43.8 Å². The van der Waals surface area contributed by atoms with Crippen molar-refractivity contribution in [3.63, 3.8) is 0 Å². The molecule has 1 atom stereocenters. The number of halogens is 1. The Balaban J connectivity index is 2.44. The molecule has 0 aliphatic heterocycles. The Morgan fingerprint density at radius 2 is 2.05 bits per heavy atom. The van der Waals surface area contributed by atoms with Gasteiger partial charge in [-0.15, -0.1) is 0 Å². The van der Waals surface area contributed by atoms with Crippen LogP contribution in [0, 0.1) is 0 Å². The number of aryl methyl sites for hydroxylation is 2. The summed E-state index contributed by atoms with van der Waals surface area (Å²) in [7, 11) is 0. The fourth-order valence-electron chi connectivity index (χ4n) is 2.29. The molecule has 0 aliphatic carbocycles.